The zero-order valence-corrected chi connectivity index (χ0v) is 15.7. The Labute approximate surface area is 152 Å². The van der Waals surface area contributed by atoms with Gasteiger partial charge in [-0.05, 0) is 30.2 Å². The molecule has 0 spiro atoms. The second-order valence-electron chi connectivity index (χ2n) is 6.04. The van der Waals surface area contributed by atoms with Crippen LogP contribution in [0.25, 0.3) is 21.9 Å². The average molecular weight is 353 g/mol. The van der Waals surface area contributed by atoms with E-state index in [4.69, 9.17) is 9.47 Å². The predicted molar refractivity (Wildman–Crippen MR) is 104 cm³/mol. The number of anilines is 1. The van der Waals surface area contributed by atoms with E-state index in [1.54, 1.807) is 39.1 Å². The molecule has 0 bridgehead atoms. The van der Waals surface area contributed by atoms with Gasteiger partial charge in [0.15, 0.2) is 0 Å². The van der Waals surface area contributed by atoms with Crippen LogP contribution in [0, 0.1) is 0 Å². The molecule has 0 saturated heterocycles. The van der Waals surface area contributed by atoms with Crippen LogP contribution in [-0.2, 0) is 13.5 Å². The molecule has 2 heterocycles. The van der Waals surface area contributed by atoms with Crippen molar-refractivity contribution in [1.82, 2.24) is 9.55 Å². The summed E-state index contributed by atoms with van der Waals surface area (Å²) in [7, 11) is 6.85. The van der Waals surface area contributed by atoms with Crippen molar-refractivity contribution in [3.05, 3.63) is 46.5 Å². The molecule has 1 N–H and O–H groups in total. The van der Waals surface area contributed by atoms with E-state index in [2.05, 4.69) is 17.2 Å². The fourth-order valence-corrected chi connectivity index (χ4v) is 3.22. The molecular weight excluding hydrogens is 330 g/mol. The lowest BCUT2D eigenvalue weighted by molar-refractivity contribution is 0.386. The van der Waals surface area contributed by atoms with Crippen LogP contribution in [0.4, 0.5) is 5.82 Å². The molecule has 2 aromatic heterocycles. The topological polar surface area (TPSA) is 65.4 Å². The molecule has 0 aliphatic rings. The maximum absolute atomic E-state index is 12.5. The second kappa shape index (κ2) is 7.07. The number of hydrogen-bond acceptors (Lipinski definition) is 5. The molecule has 1 aromatic carbocycles. The van der Waals surface area contributed by atoms with Gasteiger partial charge < -0.3 is 19.4 Å². The average Bonchev–Trinajstić information content (AvgIpc) is 2.68. The van der Waals surface area contributed by atoms with E-state index in [-0.39, 0.29) is 5.56 Å². The summed E-state index contributed by atoms with van der Waals surface area (Å²) < 4.78 is 12.7. The van der Waals surface area contributed by atoms with Gasteiger partial charge in [-0.1, -0.05) is 6.92 Å². The second-order valence-corrected chi connectivity index (χ2v) is 6.04. The van der Waals surface area contributed by atoms with Gasteiger partial charge in [-0.2, -0.15) is 0 Å². The first kappa shape index (κ1) is 17.8. The third-order valence-electron chi connectivity index (χ3n) is 4.60. The Kier molecular flexibility index (Phi) is 4.84. The number of aryl methyl sites for hydroxylation is 1. The highest BCUT2D eigenvalue weighted by atomic mass is 16.5. The quantitative estimate of drug-likeness (QED) is 0.763. The third kappa shape index (κ3) is 2.87. The number of methoxy groups -OCH3 is 2. The molecule has 0 aliphatic heterocycles. The van der Waals surface area contributed by atoms with Gasteiger partial charge in [0.05, 0.1) is 19.6 Å². The number of ether oxygens (including phenoxy) is 2. The van der Waals surface area contributed by atoms with Crippen LogP contribution in [-0.4, -0.2) is 30.8 Å². The van der Waals surface area contributed by atoms with Gasteiger partial charge in [0.1, 0.15) is 17.3 Å². The SMILES string of the molecule is CCc1c(OC)cc(-c2cn(C)c(=O)c3cnc(NC)cc23)cc1OC. The van der Waals surface area contributed by atoms with E-state index >= 15 is 0 Å². The summed E-state index contributed by atoms with van der Waals surface area (Å²) >= 11 is 0. The summed E-state index contributed by atoms with van der Waals surface area (Å²) in [4.78, 5) is 16.8. The van der Waals surface area contributed by atoms with E-state index in [9.17, 15) is 4.79 Å². The Morgan fingerprint density at radius 2 is 1.77 bits per heavy atom. The minimum Gasteiger partial charge on any atom is -0.496 e. The van der Waals surface area contributed by atoms with Crippen molar-refractivity contribution >= 4 is 16.6 Å². The van der Waals surface area contributed by atoms with Gasteiger partial charge in [0, 0.05) is 43.0 Å². The van der Waals surface area contributed by atoms with E-state index in [1.165, 1.54) is 0 Å². The van der Waals surface area contributed by atoms with E-state index in [0.717, 1.165) is 40.0 Å². The van der Waals surface area contributed by atoms with Gasteiger partial charge in [-0.15, -0.1) is 0 Å². The number of benzene rings is 1. The zero-order chi connectivity index (χ0) is 18.8. The Hall–Kier alpha value is -3.02. The van der Waals surface area contributed by atoms with Gasteiger partial charge in [-0.25, -0.2) is 4.98 Å². The number of nitrogens with one attached hydrogen (secondary N) is 1. The summed E-state index contributed by atoms with van der Waals surface area (Å²) in [5, 5.41) is 4.43. The van der Waals surface area contributed by atoms with Crippen LogP contribution in [0.5, 0.6) is 11.5 Å². The molecule has 0 saturated carbocycles. The summed E-state index contributed by atoms with van der Waals surface area (Å²) in [5.74, 6) is 2.25. The summed E-state index contributed by atoms with van der Waals surface area (Å²) in [6.07, 6.45) is 4.25. The van der Waals surface area contributed by atoms with Crippen molar-refractivity contribution in [2.45, 2.75) is 13.3 Å². The van der Waals surface area contributed by atoms with Gasteiger partial charge in [0.2, 0.25) is 0 Å². The normalized spacial score (nSPS) is 10.8. The maximum atomic E-state index is 12.5. The van der Waals surface area contributed by atoms with Gasteiger partial charge in [-0.3, -0.25) is 4.79 Å². The van der Waals surface area contributed by atoms with Crippen molar-refractivity contribution in [2.24, 2.45) is 7.05 Å². The maximum Gasteiger partial charge on any atom is 0.259 e. The largest absolute Gasteiger partial charge is 0.496 e. The standard InChI is InChI=1S/C20H23N3O3/c1-6-13-17(25-4)7-12(8-18(13)26-5)16-11-23(3)20(24)15-10-22-19(21-2)9-14(15)16/h7-11H,6H2,1-5H3,(H,21,22). The van der Waals surface area contributed by atoms with Crippen LogP contribution >= 0.6 is 0 Å². The van der Waals surface area contributed by atoms with E-state index in [0.29, 0.717) is 11.2 Å². The molecule has 0 fully saturated rings. The highest BCUT2D eigenvalue weighted by Crippen LogP contribution is 2.37. The first-order chi connectivity index (χ1) is 12.5. The molecule has 3 aromatic rings. The Bertz CT molecular complexity index is 1000. The lowest BCUT2D eigenvalue weighted by Crippen LogP contribution is -2.17. The zero-order valence-electron chi connectivity index (χ0n) is 15.7. The van der Waals surface area contributed by atoms with Crippen LogP contribution < -0.4 is 20.3 Å². The van der Waals surface area contributed by atoms with Crippen LogP contribution in [0.15, 0.2) is 35.4 Å². The Morgan fingerprint density at radius 1 is 1.12 bits per heavy atom. The monoisotopic (exact) mass is 353 g/mol. The highest BCUT2D eigenvalue weighted by Gasteiger charge is 2.16. The van der Waals surface area contributed by atoms with Crippen molar-refractivity contribution in [1.29, 1.82) is 0 Å². The summed E-state index contributed by atoms with van der Waals surface area (Å²) in [6.45, 7) is 2.06. The molecule has 26 heavy (non-hydrogen) atoms. The van der Waals surface area contributed by atoms with Gasteiger partial charge in [0.25, 0.3) is 5.56 Å². The Balaban J connectivity index is 2.38. The molecule has 0 unspecified atom stereocenters. The molecule has 136 valence electrons. The minimum atomic E-state index is -0.0805. The molecule has 6 nitrogen and oxygen atoms in total. The van der Waals surface area contributed by atoms with Crippen molar-refractivity contribution in [3.8, 4) is 22.6 Å². The lowest BCUT2D eigenvalue weighted by atomic mass is 9.98. The first-order valence-electron chi connectivity index (χ1n) is 8.46. The third-order valence-corrected chi connectivity index (χ3v) is 4.60. The lowest BCUT2D eigenvalue weighted by Gasteiger charge is -2.16. The number of nitrogens with zero attached hydrogens (tertiary/aromatic N) is 2. The number of rotatable bonds is 5. The number of hydrogen-bond donors (Lipinski definition) is 1. The molecule has 0 amide bonds. The molecule has 0 atom stereocenters. The van der Waals surface area contributed by atoms with E-state index < -0.39 is 0 Å². The van der Waals surface area contributed by atoms with Crippen molar-refractivity contribution in [3.63, 3.8) is 0 Å². The number of pyridine rings is 2. The molecule has 0 radical (unpaired) electrons. The van der Waals surface area contributed by atoms with E-state index in [1.807, 2.05) is 24.4 Å². The Morgan fingerprint density at radius 3 is 2.31 bits per heavy atom. The minimum absolute atomic E-state index is 0.0805. The van der Waals surface area contributed by atoms with Crippen LogP contribution in [0.3, 0.4) is 0 Å². The smallest absolute Gasteiger partial charge is 0.259 e. The van der Waals surface area contributed by atoms with Crippen LogP contribution in [0.2, 0.25) is 0 Å². The predicted octanol–water partition coefficient (Wildman–Crippen LogP) is 3.22. The first-order valence-corrected chi connectivity index (χ1v) is 8.46. The number of aromatic nitrogens is 2. The highest BCUT2D eigenvalue weighted by molar-refractivity contribution is 5.97. The summed E-state index contributed by atoms with van der Waals surface area (Å²) in [5.41, 5.74) is 2.78. The van der Waals surface area contributed by atoms with Crippen molar-refractivity contribution < 1.29 is 9.47 Å². The van der Waals surface area contributed by atoms with Crippen LogP contribution in [0.1, 0.15) is 12.5 Å². The molecule has 0 aliphatic carbocycles. The molecular formula is C20H23N3O3. The fourth-order valence-electron chi connectivity index (χ4n) is 3.22. The van der Waals surface area contributed by atoms with Crippen molar-refractivity contribution in [2.75, 3.05) is 26.6 Å². The molecule has 3 rings (SSSR count). The summed E-state index contributed by atoms with van der Waals surface area (Å²) in [6, 6.07) is 5.86. The fraction of sp³-hybridized carbons (Fsp3) is 0.300. The van der Waals surface area contributed by atoms with Gasteiger partial charge >= 0.3 is 0 Å². The molecule has 6 heteroatoms. The number of fused-ring (bicyclic) bond motifs is 1.